The molecule has 0 spiro atoms. The Hall–Kier alpha value is -3.28. The minimum atomic E-state index is -0.292. The quantitative estimate of drug-likeness (QED) is 0.743. The lowest BCUT2D eigenvalue weighted by Crippen LogP contribution is -2.30. The smallest absolute Gasteiger partial charge is 0.255 e. The molecule has 1 aliphatic heterocycles. The first kappa shape index (κ1) is 18.1. The molecule has 1 amide bonds. The third-order valence-electron chi connectivity index (χ3n) is 5.03. The van der Waals surface area contributed by atoms with Crippen molar-refractivity contribution in [2.75, 3.05) is 18.0 Å². The fourth-order valence-corrected chi connectivity index (χ4v) is 3.51. The zero-order valence-electron chi connectivity index (χ0n) is 15.9. The van der Waals surface area contributed by atoms with Crippen LogP contribution in [0.15, 0.2) is 61.1 Å². The summed E-state index contributed by atoms with van der Waals surface area (Å²) < 4.78 is 0. The maximum atomic E-state index is 13.0. The second-order valence-corrected chi connectivity index (χ2v) is 6.97. The molecule has 0 aliphatic carbocycles. The number of carbonyl (C=O) groups is 1. The summed E-state index contributed by atoms with van der Waals surface area (Å²) in [7, 11) is 0. The van der Waals surface area contributed by atoms with Crippen molar-refractivity contribution >= 4 is 11.9 Å². The number of rotatable bonds is 5. The fourth-order valence-electron chi connectivity index (χ4n) is 3.51. The van der Waals surface area contributed by atoms with Gasteiger partial charge in [0.1, 0.15) is 0 Å². The predicted octanol–water partition coefficient (Wildman–Crippen LogP) is 3.30. The zero-order valence-corrected chi connectivity index (χ0v) is 15.9. The lowest BCUT2D eigenvalue weighted by atomic mass is 10.00. The van der Waals surface area contributed by atoms with Crippen LogP contribution in [0.2, 0.25) is 0 Å². The van der Waals surface area contributed by atoms with Crippen LogP contribution in [0.3, 0.4) is 0 Å². The van der Waals surface area contributed by atoms with E-state index in [1.807, 2.05) is 49.4 Å². The Labute approximate surface area is 164 Å². The maximum absolute atomic E-state index is 13.0. The van der Waals surface area contributed by atoms with Crippen LogP contribution in [0, 0.1) is 6.92 Å². The number of hydrogen-bond acceptors (Lipinski definition) is 5. The Balaban J connectivity index is 1.59. The predicted molar refractivity (Wildman–Crippen MR) is 108 cm³/mol. The first-order valence-corrected chi connectivity index (χ1v) is 9.57. The summed E-state index contributed by atoms with van der Waals surface area (Å²) in [6.45, 7) is 3.81. The van der Waals surface area contributed by atoms with Gasteiger partial charge in [-0.25, -0.2) is 9.97 Å². The molecular formula is C22H23N5O. The van der Waals surface area contributed by atoms with Crippen LogP contribution >= 0.6 is 0 Å². The van der Waals surface area contributed by atoms with Crippen LogP contribution < -0.4 is 10.2 Å². The Bertz CT molecular complexity index is 900. The number of benzene rings is 1. The average Bonchev–Trinajstić information content (AvgIpc) is 3.28. The number of hydrogen-bond donors (Lipinski definition) is 1. The van der Waals surface area contributed by atoms with Gasteiger partial charge in [-0.3, -0.25) is 9.78 Å². The Kier molecular flexibility index (Phi) is 5.28. The van der Waals surface area contributed by atoms with Crippen LogP contribution in [0.1, 0.15) is 46.1 Å². The number of pyridine rings is 1. The Morgan fingerprint density at radius 2 is 1.79 bits per heavy atom. The third kappa shape index (κ3) is 3.86. The van der Waals surface area contributed by atoms with Gasteiger partial charge in [0.15, 0.2) is 0 Å². The number of aryl methyl sites for hydroxylation is 1. The molecule has 6 nitrogen and oxygen atoms in total. The molecule has 4 rings (SSSR count). The van der Waals surface area contributed by atoms with E-state index in [2.05, 4.69) is 25.2 Å². The number of nitrogens with one attached hydrogen (secondary N) is 1. The van der Waals surface area contributed by atoms with Gasteiger partial charge in [-0.2, -0.15) is 0 Å². The van der Waals surface area contributed by atoms with E-state index < -0.39 is 0 Å². The lowest BCUT2D eigenvalue weighted by Gasteiger charge is -2.20. The van der Waals surface area contributed by atoms with Crippen LogP contribution in [0.4, 0.5) is 5.95 Å². The molecule has 28 heavy (non-hydrogen) atoms. The van der Waals surface area contributed by atoms with Crippen molar-refractivity contribution < 1.29 is 4.79 Å². The van der Waals surface area contributed by atoms with Gasteiger partial charge in [0.25, 0.3) is 5.91 Å². The molecule has 1 fully saturated rings. The van der Waals surface area contributed by atoms with Crippen molar-refractivity contribution in [3.63, 3.8) is 0 Å². The van der Waals surface area contributed by atoms with Gasteiger partial charge in [-0.15, -0.1) is 0 Å². The molecule has 1 N–H and O–H groups in total. The van der Waals surface area contributed by atoms with E-state index in [1.54, 1.807) is 18.6 Å². The van der Waals surface area contributed by atoms with E-state index in [0.29, 0.717) is 17.2 Å². The largest absolute Gasteiger partial charge is 0.341 e. The molecule has 142 valence electrons. The van der Waals surface area contributed by atoms with E-state index >= 15 is 0 Å². The number of anilines is 1. The SMILES string of the molecule is Cc1nc(N2CCCC2)ncc1C(=O)N[C@@H](c1ccccc1)c1cccnc1. The van der Waals surface area contributed by atoms with Crippen molar-refractivity contribution in [3.05, 3.63) is 83.4 Å². The van der Waals surface area contributed by atoms with Gasteiger partial charge in [0, 0.05) is 31.7 Å². The monoisotopic (exact) mass is 373 g/mol. The van der Waals surface area contributed by atoms with Crippen LogP contribution in [0.25, 0.3) is 0 Å². The molecule has 0 saturated carbocycles. The van der Waals surface area contributed by atoms with E-state index in [-0.39, 0.29) is 11.9 Å². The fraction of sp³-hybridized carbons (Fsp3) is 0.273. The Morgan fingerprint density at radius 3 is 2.46 bits per heavy atom. The maximum Gasteiger partial charge on any atom is 0.255 e. The van der Waals surface area contributed by atoms with E-state index in [4.69, 9.17) is 0 Å². The van der Waals surface area contributed by atoms with Crippen LogP contribution in [0.5, 0.6) is 0 Å². The first-order chi connectivity index (χ1) is 13.7. The summed E-state index contributed by atoms with van der Waals surface area (Å²) in [5.41, 5.74) is 3.10. The minimum absolute atomic E-state index is 0.192. The third-order valence-corrected chi connectivity index (χ3v) is 5.03. The summed E-state index contributed by atoms with van der Waals surface area (Å²) >= 11 is 0. The summed E-state index contributed by atoms with van der Waals surface area (Å²) in [6.07, 6.45) is 7.46. The highest BCUT2D eigenvalue weighted by molar-refractivity contribution is 5.95. The molecule has 1 atom stereocenters. The molecule has 2 aromatic heterocycles. The summed E-state index contributed by atoms with van der Waals surface area (Å²) in [6, 6.07) is 13.4. The normalized spacial score (nSPS) is 14.7. The van der Waals surface area contributed by atoms with Gasteiger partial charge in [0.05, 0.1) is 17.3 Å². The van der Waals surface area contributed by atoms with Gasteiger partial charge >= 0.3 is 0 Å². The van der Waals surface area contributed by atoms with Crippen molar-refractivity contribution in [2.24, 2.45) is 0 Å². The van der Waals surface area contributed by atoms with Crippen molar-refractivity contribution in [1.29, 1.82) is 0 Å². The molecule has 1 saturated heterocycles. The molecule has 6 heteroatoms. The second kappa shape index (κ2) is 8.17. The average molecular weight is 373 g/mol. The van der Waals surface area contributed by atoms with E-state index in [9.17, 15) is 4.79 Å². The molecule has 0 radical (unpaired) electrons. The van der Waals surface area contributed by atoms with Gasteiger partial charge in [0.2, 0.25) is 5.95 Å². The molecule has 1 aliphatic rings. The summed E-state index contributed by atoms with van der Waals surface area (Å²) in [5, 5.41) is 3.12. The lowest BCUT2D eigenvalue weighted by molar-refractivity contribution is 0.0941. The number of aromatic nitrogens is 3. The van der Waals surface area contributed by atoms with Crippen molar-refractivity contribution in [2.45, 2.75) is 25.8 Å². The van der Waals surface area contributed by atoms with Gasteiger partial charge in [-0.1, -0.05) is 36.4 Å². The van der Waals surface area contributed by atoms with Crippen molar-refractivity contribution in [3.8, 4) is 0 Å². The number of amides is 1. The zero-order chi connectivity index (χ0) is 19.3. The second-order valence-electron chi connectivity index (χ2n) is 6.97. The minimum Gasteiger partial charge on any atom is -0.341 e. The first-order valence-electron chi connectivity index (χ1n) is 9.57. The Morgan fingerprint density at radius 1 is 1.04 bits per heavy atom. The molecular weight excluding hydrogens is 350 g/mol. The molecule has 0 bridgehead atoms. The summed E-state index contributed by atoms with van der Waals surface area (Å²) in [5.74, 6) is 0.515. The highest BCUT2D eigenvalue weighted by Gasteiger charge is 2.21. The standard InChI is InChI=1S/C22H23N5O/c1-16-19(15-24-22(25-16)27-12-5-6-13-27)21(28)26-20(17-8-3-2-4-9-17)18-10-7-11-23-14-18/h2-4,7-11,14-15,20H,5-6,12-13H2,1H3,(H,26,28)/t20-/m0/s1. The van der Waals surface area contributed by atoms with E-state index in [1.165, 1.54) is 0 Å². The van der Waals surface area contributed by atoms with Gasteiger partial charge in [-0.05, 0) is 37.0 Å². The van der Waals surface area contributed by atoms with E-state index in [0.717, 1.165) is 37.1 Å². The molecule has 1 aromatic carbocycles. The van der Waals surface area contributed by atoms with Crippen molar-refractivity contribution in [1.82, 2.24) is 20.3 Å². The highest BCUT2D eigenvalue weighted by Crippen LogP contribution is 2.22. The van der Waals surface area contributed by atoms with Crippen LogP contribution in [-0.2, 0) is 0 Å². The number of nitrogens with zero attached hydrogens (tertiary/aromatic N) is 4. The highest BCUT2D eigenvalue weighted by atomic mass is 16.1. The molecule has 3 aromatic rings. The van der Waals surface area contributed by atoms with Gasteiger partial charge < -0.3 is 10.2 Å². The number of carbonyl (C=O) groups excluding carboxylic acids is 1. The summed E-state index contributed by atoms with van der Waals surface area (Å²) in [4.78, 5) is 28.4. The topological polar surface area (TPSA) is 71.0 Å². The van der Waals surface area contributed by atoms with Crippen LogP contribution in [-0.4, -0.2) is 33.9 Å². The molecule has 0 unspecified atom stereocenters. The molecule has 3 heterocycles.